The minimum atomic E-state index is -0.173. The van der Waals surface area contributed by atoms with Crippen LogP contribution in [-0.4, -0.2) is 40.4 Å². The first kappa shape index (κ1) is 20.9. The minimum absolute atomic E-state index is 0.0392. The van der Waals surface area contributed by atoms with Gasteiger partial charge in [-0.15, -0.1) is 0 Å². The predicted octanol–water partition coefficient (Wildman–Crippen LogP) is 4.96. The maximum atomic E-state index is 13.1. The van der Waals surface area contributed by atoms with Gasteiger partial charge in [-0.3, -0.25) is 14.5 Å². The van der Waals surface area contributed by atoms with Crippen molar-refractivity contribution in [3.05, 3.63) is 41.5 Å². The first-order chi connectivity index (χ1) is 14.1. The number of anilines is 1. The Balaban J connectivity index is 1.72. The van der Waals surface area contributed by atoms with Crippen LogP contribution >= 0.6 is 0 Å². The Morgan fingerprint density at radius 3 is 2.27 bits per heavy atom. The Kier molecular flexibility index (Phi) is 5.13. The molecular formula is C25H33N3O2. The summed E-state index contributed by atoms with van der Waals surface area (Å²) >= 11 is 0. The lowest BCUT2D eigenvalue weighted by Gasteiger charge is -2.47. The molecule has 2 aliphatic rings. The Hall–Kier alpha value is -2.40. The molecule has 4 rings (SSSR count). The maximum Gasteiger partial charge on any atom is 0.261 e. The van der Waals surface area contributed by atoms with Gasteiger partial charge in [0.05, 0.1) is 0 Å². The molecule has 5 nitrogen and oxygen atoms in total. The summed E-state index contributed by atoms with van der Waals surface area (Å²) in [6, 6.07) is 10.00. The van der Waals surface area contributed by atoms with E-state index in [0.717, 1.165) is 42.1 Å². The van der Waals surface area contributed by atoms with Gasteiger partial charge in [-0.05, 0) is 65.2 Å². The molecule has 0 atom stereocenters. The van der Waals surface area contributed by atoms with Crippen molar-refractivity contribution in [1.29, 1.82) is 0 Å². The molecule has 30 heavy (non-hydrogen) atoms. The number of rotatable bonds is 5. The van der Waals surface area contributed by atoms with E-state index in [1.54, 1.807) is 0 Å². The van der Waals surface area contributed by atoms with Gasteiger partial charge in [-0.1, -0.05) is 25.5 Å². The normalized spacial score (nSPS) is 20.6. The van der Waals surface area contributed by atoms with Crippen LogP contribution < -0.4 is 10.6 Å². The quantitative estimate of drug-likeness (QED) is 0.688. The zero-order valence-electron chi connectivity index (χ0n) is 18.8. The number of hydrogen-bond acceptors (Lipinski definition) is 4. The highest BCUT2D eigenvalue weighted by Gasteiger charge is 2.38. The lowest BCUT2D eigenvalue weighted by atomic mass is 9.79. The maximum absolute atomic E-state index is 13.1. The van der Waals surface area contributed by atoms with E-state index >= 15 is 0 Å². The largest absolute Gasteiger partial charge is 0.382 e. The van der Waals surface area contributed by atoms with Crippen molar-refractivity contribution in [1.82, 2.24) is 10.2 Å². The molecule has 1 saturated heterocycles. The number of amides is 2. The number of carbonyl (C=O) groups excluding carboxylic acids is 2. The molecule has 2 amide bonds. The second kappa shape index (κ2) is 7.38. The third-order valence-electron chi connectivity index (χ3n) is 6.28. The van der Waals surface area contributed by atoms with E-state index in [4.69, 9.17) is 0 Å². The van der Waals surface area contributed by atoms with Crippen LogP contribution in [0, 0.1) is 0 Å². The lowest BCUT2D eigenvalue weighted by Crippen LogP contribution is -2.60. The molecule has 2 heterocycles. The molecule has 2 N–H and O–H groups in total. The average Bonchev–Trinajstić information content (AvgIpc) is 2.64. The smallest absolute Gasteiger partial charge is 0.261 e. The highest BCUT2D eigenvalue weighted by molar-refractivity contribution is 6.26. The van der Waals surface area contributed by atoms with Crippen LogP contribution in [0.15, 0.2) is 30.3 Å². The fourth-order valence-electron chi connectivity index (χ4n) is 5.44. The van der Waals surface area contributed by atoms with E-state index in [1.165, 1.54) is 4.90 Å². The van der Waals surface area contributed by atoms with E-state index in [0.29, 0.717) is 23.7 Å². The Morgan fingerprint density at radius 2 is 1.63 bits per heavy atom. The summed E-state index contributed by atoms with van der Waals surface area (Å²) in [7, 11) is 0. The number of hydrogen-bond donors (Lipinski definition) is 2. The molecular weight excluding hydrogens is 374 g/mol. The third kappa shape index (κ3) is 3.71. The Labute approximate surface area is 179 Å². The van der Waals surface area contributed by atoms with Gasteiger partial charge >= 0.3 is 0 Å². The van der Waals surface area contributed by atoms with Crippen molar-refractivity contribution in [3.63, 3.8) is 0 Å². The molecule has 0 aliphatic carbocycles. The topological polar surface area (TPSA) is 61.4 Å². The van der Waals surface area contributed by atoms with Crippen molar-refractivity contribution in [2.75, 3.05) is 11.9 Å². The summed E-state index contributed by atoms with van der Waals surface area (Å²) < 4.78 is 0. The van der Waals surface area contributed by atoms with Crippen molar-refractivity contribution < 1.29 is 9.59 Å². The van der Waals surface area contributed by atoms with Gasteiger partial charge < -0.3 is 10.6 Å². The summed E-state index contributed by atoms with van der Waals surface area (Å²) in [6.07, 6.45) is 3.77. The molecule has 2 aliphatic heterocycles. The molecule has 2 aromatic carbocycles. The number of imide groups is 1. The van der Waals surface area contributed by atoms with Crippen LogP contribution in [-0.2, 0) is 0 Å². The van der Waals surface area contributed by atoms with E-state index in [2.05, 4.69) is 45.3 Å². The van der Waals surface area contributed by atoms with Gasteiger partial charge in [-0.25, -0.2) is 0 Å². The molecule has 0 aromatic heterocycles. The summed E-state index contributed by atoms with van der Waals surface area (Å²) in [4.78, 5) is 27.5. The van der Waals surface area contributed by atoms with Crippen molar-refractivity contribution in [2.24, 2.45) is 0 Å². The van der Waals surface area contributed by atoms with Crippen molar-refractivity contribution in [2.45, 2.75) is 77.4 Å². The molecule has 5 heteroatoms. The first-order valence-electron chi connectivity index (χ1n) is 11.1. The molecule has 0 saturated carbocycles. The van der Waals surface area contributed by atoms with Crippen LogP contribution in [0.2, 0.25) is 0 Å². The van der Waals surface area contributed by atoms with Crippen LogP contribution in [0.25, 0.3) is 10.8 Å². The van der Waals surface area contributed by atoms with E-state index in [-0.39, 0.29) is 22.9 Å². The summed E-state index contributed by atoms with van der Waals surface area (Å²) in [5.41, 5.74) is 2.34. The number of piperidine rings is 1. The van der Waals surface area contributed by atoms with Gasteiger partial charge in [0.15, 0.2) is 0 Å². The van der Waals surface area contributed by atoms with Crippen LogP contribution in [0.1, 0.15) is 81.0 Å². The Morgan fingerprint density at radius 1 is 1.00 bits per heavy atom. The fraction of sp³-hybridized carbons (Fsp3) is 0.520. The van der Waals surface area contributed by atoms with E-state index < -0.39 is 0 Å². The molecule has 160 valence electrons. The number of carbonyl (C=O) groups is 2. The third-order valence-corrected chi connectivity index (χ3v) is 6.28. The number of benzene rings is 2. The molecule has 0 bridgehead atoms. The second-order valence-corrected chi connectivity index (χ2v) is 10.1. The van der Waals surface area contributed by atoms with Crippen molar-refractivity contribution in [3.8, 4) is 0 Å². The Bertz CT molecular complexity index is 971. The average molecular weight is 408 g/mol. The number of nitrogens with zero attached hydrogens (tertiary/aromatic N) is 1. The van der Waals surface area contributed by atoms with Gasteiger partial charge in [0, 0.05) is 51.3 Å². The fourth-order valence-corrected chi connectivity index (χ4v) is 5.44. The zero-order chi connectivity index (χ0) is 21.7. The monoisotopic (exact) mass is 407 g/mol. The summed E-state index contributed by atoms with van der Waals surface area (Å²) in [5, 5.41) is 9.20. The number of nitrogens with one attached hydrogen (secondary N) is 2. The van der Waals surface area contributed by atoms with Crippen LogP contribution in [0.5, 0.6) is 0 Å². The number of unbranched alkanes of at least 4 members (excludes halogenated alkanes) is 1. The highest BCUT2D eigenvalue weighted by atomic mass is 16.2. The minimum Gasteiger partial charge on any atom is -0.382 e. The molecule has 1 fully saturated rings. The first-order valence-corrected chi connectivity index (χ1v) is 11.1. The van der Waals surface area contributed by atoms with E-state index in [1.807, 2.05) is 30.3 Å². The van der Waals surface area contributed by atoms with Gasteiger partial charge in [0.2, 0.25) is 0 Å². The van der Waals surface area contributed by atoms with E-state index in [9.17, 15) is 9.59 Å². The summed E-state index contributed by atoms with van der Waals surface area (Å²) in [5.74, 6) is -0.347. The van der Waals surface area contributed by atoms with Gasteiger partial charge in [-0.2, -0.15) is 0 Å². The van der Waals surface area contributed by atoms with Gasteiger partial charge in [0.1, 0.15) is 0 Å². The summed E-state index contributed by atoms with van der Waals surface area (Å²) in [6.45, 7) is 11.5. The molecule has 2 aromatic rings. The lowest BCUT2D eigenvalue weighted by molar-refractivity contribution is 0.0608. The molecule has 0 spiro atoms. The van der Waals surface area contributed by atoms with Crippen molar-refractivity contribution >= 4 is 28.3 Å². The predicted molar refractivity (Wildman–Crippen MR) is 122 cm³/mol. The van der Waals surface area contributed by atoms with Crippen LogP contribution in [0.4, 0.5) is 5.69 Å². The van der Waals surface area contributed by atoms with Gasteiger partial charge in [0.25, 0.3) is 11.8 Å². The second-order valence-electron chi connectivity index (χ2n) is 10.1. The molecule has 0 unspecified atom stereocenters. The standard InChI is InChI=1S/C25H33N3O2/c1-6-7-13-28-22(29)18-10-8-9-17-20(12-11-19(21(17)18)23(28)30)26-16-14-24(2,3)27-25(4,5)15-16/h8-12,16,26-27H,6-7,13-15H2,1-5H3. The van der Waals surface area contributed by atoms with Crippen LogP contribution in [0.3, 0.4) is 0 Å². The highest BCUT2D eigenvalue weighted by Crippen LogP contribution is 2.37. The zero-order valence-corrected chi connectivity index (χ0v) is 18.8. The molecule has 0 radical (unpaired) electrons. The SMILES string of the molecule is CCCCN1C(=O)c2cccc3c(NC4CC(C)(C)NC(C)(C)C4)ccc(c23)C1=O.